The highest BCUT2D eigenvalue weighted by molar-refractivity contribution is 5.82. The highest BCUT2D eigenvalue weighted by Crippen LogP contribution is 2.21. The molecule has 92 valence electrons. The molecule has 0 unspecified atom stereocenters. The van der Waals surface area contributed by atoms with Crippen LogP contribution in [0.4, 0.5) is 0 Å². The summed E-state index contributed by atoms with van der Waals surface area (Å²) in [6, 6.07) is 9.65. The number of carbonyl (C=O) groups excluding carboxylic acids is 1. The van der Waals surface area contributed by atoms with Gasteiger partial charge in [-0.1, -0.05) is 30.3 Å². The van der Waals surface area contributed by atoms with E-state index in [1.807, 2.05) is 30.3 Å². The van der Waals surface area contributed by atoms with Crippen molar-refractivity contribution in [3.05, 3.63) is 35.9 Å². The standard InChI is InChI=1S/C13H18N2O2/c1-17-12(10-5-3-2-4-6-10)13(16)15-8-7-11(14)9-15/h2-6,11-12H,7-9,14H2,1H3/t11-,12-/m1/s1. The summed E-state index contributed by atoms with van der Waals surface area (Å²) in [5, 5.41) is 0. The van der Waals surface area contributed by atoms with Gasteiger partial charge in [0.2, 0.25) is 0 Å². The Hall–Kier alpha value is -1.39. The SMILES string of the molecule is CO[C@@H](C(=O)N1CC[C@@H](N)C1)c1ccccc1. The summed E-state index contributed by atoms with van der Waals surface area (Å²) in [7, 11) is 1.56. The third-order valence-electron chi connectivity index (χ3n) is 3.10. The highest BCUT2D eigenvalue weighted by atomic mass is 16.5. The van der Waals surface area contributed by atoms with Crippen LogP contribution in [0.5, 0.6) is 0 Å². The number of hydrogen-bond donors (Lipinski definition) is 1. The van der Waals surface area contributed by atoms with Crippen molar-refractivity contribution in [1.82, 2.24) is 4.90 Å². The van der Waals surface area contributed by atoms with Crippen LogP contribution < -0.4 is 5.73 Å². The number of benzene rings is 1. The smallest absolute Gasteiger partial charge is 0.256 e. The topological polar surface area (TPSA) is 55.6 Å². The fourth-order valence-corrected chi connectivity index (χ4v) is 2.16. The van der Waals surface area contributed by atoms with Crippen molar-refractivity contribution in [2.45, 2.75) is 18.6 Å². The van der Waals surface area contributed by atoms with E-state index in [-0.39, 0.29) is 11.9 Å². The molecule has 1 saturated heterocycles. The number of methoxy groups -OCH3 is 1. The molecule has 2 atom stereocenters. The minimum Gasteiger partial charge on any atom is -0.367 e. The van der Waals surface area contributed by atoms with Crippen molar-refractivity contribution in [3.63, 3.8) is 0 Å². The number of hydrogen-bond acceptors (Lipinski definition) is 3. The lowest BCUT2D eigenvalue weighted by Crippen LogP contribution is -2.36. The van der Waals surface area contributed by atoms with Gasteiger partial charge in [-0.15, -0.1) is 0 Å². The van der Waals surface area contributed by atoms with Gasteiger partial charge in [-0.3, -0.25) is 4.79 Å². The van der Waals surface area contributed by atoms with Crippen LogP contribution in [0.2, 0.25) is 0 Å². The molecule has 0 radical (unpaired) electrons. The molecule has 1 aliphatic heterocycles. The molecule has 1 fully saturated rings. The Morgan fingerprint density at radius 3 is 2.71 bits per heavy atom. The van der Waals surface area contributed by atoms with E-state index >= 15 is 0 Å². The first-order valence-corrected chi connectivity index (χ1v) is 5.84. The second kappa shape index (κ2) is 5.29. The summed E-state index contributed by atoms with van der Waals surface area (Å²) in [5.74, 6) is 0.00616. The molecule has 1 aliphatic rings. The molecule has 0 spiro atoms. The van der Waals surface area contributed by atoms with Gasteiger partial charge in [0, 0.05) is 26.2 Å². The van der Waals surface area contributed by atoms with Gasteiger partial charge >= 0.3 is 0 Å². The maximum atomic E-state index is 12.3. The summed E-state index contributed by atoms with van der Waals surface area (Å²) < 4.78 is 5.31. The Labute approximate surface area is 101 Å². The van der Waals surface area contributed by atoms with E-state index in [2.05, 4.69) is 0 Å². The summed E-state index contributed by atoms with van der Waals surface area (Å²) in [6.45, 7) is 1.36. The normalized spacial score (nSPS) is 21.5. The third kappa shape index (κ3) is 2.65. The van der Waals surface area contributed by atoms with Crippen LogP contribution in [0, 0.1) is 0 Å². The van der Waals surface area contributed by atoms with Gasteiger partial charge in [-0.2, -0.15) is 0 Å². The number of ether oxygens (including phenoxy) is 1. The number of carbonyl (C=O) groups is 1. The first-order valence-electron chi connectivity index (χ1n) is 5.84. The van der Waals surface area contributed by atoms with E-state index in [4.69, 9.17) is 10.5 Å². The van der Waals surface area contributed by atoms with E-state index in [1.54, 1.807) is 12.0 Å². The average molecular weight is 234 g/mol. The van der Waals surface area contributed by atoms with Crippen LogP contribution in [0.15, 0.2) is 30.3 Å². The maximum absolute atomic E-state index is 12.3. The molecule has 0 aliphatic carbocycles. The van der Waals surface area contributed by atoms with Crippen molar-refractivity contribution < 1.29 is 9.53 Å². The molecule has 1 aromatic rings. The molecule has 2 rings (SSSR count). The van der Waals surface area contributed by atoms with Crippen LogP contribution in [0.1, 0.15) is 18.1 Å². The quantitative estimate of drug-likeness (QED) is 0.846. The van der Waals surface area contributed by atoms with Crippen LogP contribution in [-0.2, 0) is 9.53 Å². The Morgan fingerprint density at radius 2 is 2.18 bits per heavy atom. The van der Waals surface area contributed by atoms with Gasteiger partial charge in [0.15, 0.2) is 6.10 Å². The molecule has 2 N–H and O–H groups in total. The highest BCUT2D eigenvalue weighted by Gasteiger charge is 2.30. The van der Waals surface area contributed by atoms with Crippen molar-refractivity contribution in [2.75, 3.05) is 20.2 Å². The van der Waals surface area contributed by atoms with Gasteiger partial charge in [0.05, 0.1) is 0 Å². The molecule has 0 aromatic heterocycles. The minimum absolute atomic E-state index is 0.00616. The molecule has 0 bridgehead atoms. The van der Waals surface area contributed by atoms with E-state index in [0.29, 0.717) is 6.54 Å². The second-order valence-electron chi connectivity index (χ2n) is 4.36. The average Bonchev–Trinajstić information content (AvgIpc) is 2.78. The Balaban J connectivity index is 2.11. The fourth-order valence-electron chi connectivity index (χ4n) is 2.16. The second-order valence-corrected chi connectivity index (χ2v) is 4.36. The summed E-state index contributed by atoms with van der Waals surface area (Å²) in [5.41, 5.74) is 6.70. The molecule has 17 heavy (non-hydrogen) atoms. The number of nitrogens with two attached hydrogens (primary N) is 1. The predicted molar refractivity (Wildman–Crippen MR) is 65.4 cm³/mol. The van der Waals surface area contributed by atoms with Crippen molar-refractivity contribution in [3.8, 4) is 0 Å². The van der Waals surface area contributed by atoms with Gasteiger partial charge in [-0.25, -0.2) is 0 Å². The van der Waals surface area contributed by atoms with E-state index in [9.17, 15) is 4.79 Å². The monoisotopic (exact) mass is 234 g/mol. The van der Waals surface area contributed by atoms with Gasteiger partial charge in [-0.05, 0) is 12.0 Å². The molecular formula is C13H18N2O2. The summed E-state index contributed by atoms with van der Waals surface area (Å²) in [6.07, 6.45) is 0.359. The van der Waals surface area contributed by atoms with Crippen molar-refractivity contribution >= 4 is 5.91 Å². The largest absolute Gasteiger partial charge is 0.367 e. The minimum atomic E-state index is -0.513. The van der Waals surface area contributed by atoms with Crippen LogP contribution in [0.25, 0.3) is 0 Å². The number of nitrogens with zero attached hydrogens (tertiary/aromatic N) is 1. The molecule has 0 saturated carbocycles. The van der Waals surface area contributed by atoms with Gasteiger partial charge in [0.25, 0.3) is 5.91 Å². The van der Waals surface area contributed by atoms with Crippen LogP contribution in [0.3, 0.4) is 0 Å². The predicted octanol–water partition coefficient (Wildman–Crippen LogP) is 0.934. The van der Waals surface area contributed by atoms with Crippen molar-refractivity contribution in [1.29, 1.82) is 0 Å². The third-order valence-corrected chi connectivity index (χ3v) is 3.10. The van der Waals surface area contributed by atoms with E-state index in [0.717, 1.165) is 18.5 Å². The van der Waals surface area contributed by atoms with Crippen molar-refractivity contribution in [2.24, 2.45) is 5.73 Å². The Bertz CT molecular complexity index is 380. The zero-order chi connectivity index (χ0) is 12.3. The molecule has 1 aromatic carbocycles. The first kappa shape index (κ1) is 12.1. The number of amides is 1. The fraction of sp³-hybridized carbons (Fsp3) is 0.462. The summed E-state index contributed by atoms with van der Waals surface area (Å²) in [4.78, 5) is 14.1. The maximum Gasteiger partial charge on any atom is 0.256 e. The van der Waals surface area contributed by atoms with Crippen LogP contribution in [-0.4, -0.2) is 37.0 Å². The molecule has 4 nitrogen and oxygen atoms in total. The van der Waals surface area contributed by atoms with Gasteiger partial charge < -0.3 is 15.4 Å². The Morgan fingerprint density at radius 1 is 1.47 bits per heavy atom. The van der Waals surface area contributed by atoms with E-state index < -0.39 is 6.10 Å². The lowest BCUT2D eigenvalue weighted by atomic mass is 10.1. The number of likely N-dealkylation sites (tertiary alicyclic amines) is 1. The van der Waals surface area contributed by atoms with Crippen LogP contribution >= 0.6 is 0 Å². The van der Waals surface area contributed by atoms with Gasteiger partial charge in [0.1, 0.15) is 0 Å². The molecule has 1 heterocycles. The molecular weight excluding hydrogens is 216 g/mol. The Kier molecular flexibility index (Phi) is 3.76. The zero-order valence-electron chi connectivity index (χ0n) is 10.0. The lowest BCUT2D eigenvalue weighted by Gasteiger charge is -2.22. The van der Waals surface area contributed by atoms with E-state index in [1.165, 1.54) is 0 Å². The first-order chi connectivity index (χ1) is 8.22. The molecule has 1 amide bonds. The zero-order valence-corrected chi connectivity index (χ0v) is 10.0. The molecule has 4 heteroatoms. The number of rotatable bonds is 3. The summed E-state index contributed by atoms with van der Waals surface area (Å²) >= 11 is 0. The lowest BCUT2D eigenvalue weighted by molar-refractivity contribution is -0.141.